The number of benzene rings is 1. The van der Waals surface area contributed by atoms with Gasteiger partial charge in [0.1, 0.15) is 5.69 Å². The second-order valence-electron chi connectivity index (χ2n) is 9.03. The van der Waals surface area contributed by atoms with Gasteiger partial charge in [-0.2, -0.15) is 10.2 Å². The molecule has 9 heteroatoms. The highest BCUT2D eigenvalue weighted by atomic mass is 16.3. The second kappa shape index (κ2) is 8.83. The average molecular weight is 459 g/mol. The molecule has 0 spiro atoms. The molecule has 174 valence electrons. The fourth-order valence-corrected chi connectivity index (χ4v) is 4.73. The summed E-state index contributed by atoms with van der Waals surface area (Å²) in [5.41, 5.74) is 2.59. The van der Waals surface area contributed by atoms with Gasteiger partial charge in [0.15, 0.2) is 0 Å². The molecule has 0 radical (unpaired) electrons. The summed E-state index contributed by atoms with van der Waals surface area (Å²) < 4.78 is 1.28. The largest absolute Gasteiger partial charge is 0.388 e. The summed E-state index contributed by atoms with van der Waals surface area (Å²) in [5, 5.41) is 26.6. The van der Waals surface area contributed by atoms with E-state index in [9.17, 15) is 14.7 Å². The zero-order valence-corrected chi connectivity index (χ0v) is 18.9. The Kier molecular flexibility index (Phi) is 5.70. The van der Waals surface area contributed by atoms with Crippen LogP contribution in [0.5, 0.6) is 0 Å². The maximum Gasteiger partial charge on any atom is 0.266 e. The number of aryl methyl sites for hydroxylation is 1. The average Bonchev–Trinajstić information content (AvgIpc) is 3.24. The van der Waals surface area contributed by atoms with E-state index in [1.165, 1.54) is 16.9 Å². The third kappa shape index (κ3) is 4.47. The van der Waals surface area contributed by atoms with E-state index in [-0.39, 0.29) is 24.1 Å². The van der Waals surface area contributed by atoms with Crippen molar-refractivity contribution in [2.24, 2.45) is 0 Å². The van der Waals surface area contributed by atoms with Crippen LogP contribution in [-0.2, 0) is 6.54 Å². The van der Waals surface area contributed by atoms with Crippen molar-refractivity contribution < 1.29 is 9.90 Å². The Morgan fingerprint density at radius 3 is 2.97 bits per heavy atom. The van der Waals surface area contributed by atoms with Crippen LogP contribution in [0.3, 0.4) is 0 Å². The number of amides is 1. The summed E-state index contributed by atoms with van der Waals surface area (Å²) in [6.45, 7) is 2.03. The standard InChI is InChI=1S/C25H26N6O3/c1-16-12-17(8-11-26-16)23-20-13-18(6-7-21(20)29-30-23)24(33)28-19-4-2-9-25(34,14-19)15-31-22(32)5-3-10-27-31/h3,5-8,10-13,19,34H,2,4,9,14-15H2,1H3,(H,28,33)(H,29,30). The molecule has 2 atom stereocenters. The molecule has 0 aliphatic heterocycles. The van der Waals surface area contributed by atoms with Crippen molar-refractivity contribution in [3.05, 3.63) is 76.5 Å². The molecule has 1 saturated carbocycles. The van der Waals surface area contributed by atoms with E-state index in [0.717, 1.165) is 40.7 Å². The van der Waals surface area contributed by atoms with Crippen molar-refractivity contribution in [2.75, 3.05) is 0 Å². The summed E-state index contributed by atoms with van der Waals surface area (Å²) in [7, 11) is 0. The van der Waals surface area contributed by atoms with E-state index in [0.29, 0.717) is 18.4 Å². The highest BCUT2D eigenvalue weighted by Crippen LogP contribution is 2.30. The zero-order chi connectivity index (χ0) is 23.7. The number of hydrogen-bond donors (Lipinski definition) is 3. The second-order valence-corrected chi connectivity index (χ2v) is 9.03. The monoisotopic (exact) mass is 458 g/mol. The third-order valence-electron chi connectivity index (χ3n) is 6.38. The minimum Gasteiger partial charge on any atom is -0.388 e. The molecule has 3 heterocycles. The normalized spacial score (nSPS) is 20.4. The van der Waals surface area contributed by atoms with Crippen molar-refractivity contribution in [3.8, 4) is 11.3 Å². The lowest BCUT2D eigenvalue weighted by Crippen LogP contribution is -2.49. The lowest BCUT2D eigenvalue weighted by Gasteiger charge is -2.37. The van der Waals surface area contributed by atoms with Crippen LogP contribution in [-0.4, -0.2) is 47.6 Å². The number of nitrogens with zero attached hydrogens (tertiary/aromatic N) is 4. The number of hydrogen-bond acceptors (Lipinski definition) is 6. The zero-order valence-electron chi connectivity index (χ0n) is 18.9. The van der Waals surface area contributed by atoms with Crippen LogP contribution < -0.4 is 10.9 Å². The molecule has 1 aliphatic rings. The molecule has 1 aliphatic carbocycles. The summed E-state index contributed by atoms with van der Waals surface area (Å²) in [5.74, 6) is -0.204. The first kappa shape index (κ1) is 22.0. The van der Waals surface area contributed by atoms with Crippen molar-refractivity contribution in [3.63, 3.8) is 0 Å². The molecule has 34 heavy (non-hydrogen) atoms. The number of aromatic nitrogens is 5. The van der Waals surface area contributed by atoms with Crippen molar-refractivity contribution >= 4 is 16.8 Å². The Bertz CT molecular complexity index is 1410. The van der Waals surface area contributed by atoms with Gasteiger partial charge in [0, 0.05) is 46.7 Å². The number of aliphatic hydroxyl groups is 1. The number of nitrogens with one attached hydrogen (secondary N) is 2. The van der Waals surface area contributed by atoms with Crippen molar-refractivity contribution in [1.29, 1.82) is 0 Å². The van der Waals surface area contributed by atoms with Gasteiger partial charge in [-0.1, -0.05) is 0 Å². The SMILES string of the molecule is Cc1cc(-c2n[nH]c3ccc(C(=O)NC4CCCC(O)(Cn5ncccc5=O)C4)cc23)ccn1. The topological polar surface area (TPSA) is 126 Å². The van der Waals surface area contributed by atoms with Crippen LogP contribution in [0.25, 0.3) is 22.2 Å². The van der Waals surface area contributed by atoms with Crippen LogP contribution in [0.4, 0.5) is 0 Å². The van der Waals surface area contributed by atoms with E-state index >= 15 is 0 Å². The minimum absolute atomic E-state index is 0.106. The van der Waals surface area contributed by atoms with Crippen molar-refractivity contribution in [1.82, 2.24) is 30.3 Å². The molecule has 4 aromatic rings. The molecule has 1 amide bonds. The first-order chi connectivity index (χ1) is 16.4. The number of rotatable bonds is 5. The van der Waals surface area contributed by atoms with E-state index in [2.05, 4.69) is 25.6 Å². The predicted molar refractivity (Wildman–Crippen MR) is 127 cm³/mol. The minimum atomic E-state index is -1.10. The summed E-state index contributed by atoms with van der Waals surface area (Å²) in [6.07, 6.45) is 5.69. The summed E-state index contributed by atoms with van der Waals surface area (Å²) in [6, 6.07) is 12.1. The van der Waals surface area contributed by atoms with Gasteiger partial charge in [-0.25, -0.2) is 4.68 Å². The van der Waals surface area contributed by atoms with E-state index in [1.54, 1.807) is 18.3 Å². The number of aromatic amines is 1. The van der Waals surface area contributed by atoms with Crippen LogP contribution in [0.1, 0.15) is 41.7 Å². The Balaban J connectivity index is 1.34. The Hall–Kier alpha value is -3.85. The number of H-pyrrole nitrogens is 1. The molecular formula is C25H26N6O3. The van der Waals surface area contributed by atoms with Gasteiger partial charge in [-0.05, 0) is 69.0 Å². The lowest BCUT2D eigenvalue weighted by molar-refractivity contribution is -0.0248. The van der Waals surface area contributed by atoms with Crippen LogP contribution >= 0.6 is 0 Å². The molecule has 2 unspecified atom stereocenters. The molecule has 0 bridgehead atoms. The first-order valence-electron chi connectivity index (χ1n) is 11.4. The molecule has 3 N–H and O–H groups in total. The summed E-state index contributed by atoms with van der Waals surface area (Å²) >= 11 is 0. The van der Waals surface area contributed by atoms with Gasteiger partial charge < -0.3 is 10.4 Å². The Morgan fingerprint density at radius 2 is 2.15 bits per heavy atom. The molecular weight excluding hydrogens is 432 g/mol. The lowest BCUT2D eigenvalue weighted by atomic mass is 9.81. The molecule has 5 rings (SSSR count). The van der Waals surface area contributed by atoms with Gasteiger partial charge in [0.25, 0.3) is 11.5 Å². The van der Waals surface area contributed by atoms with Gasteiger partial charge in [0.05, 0.1) is 17.7 Å². The Labute approximate surface area is 195 Å². The van der Waals surface area contributed by atoms with E-state index < -0.39 is 5.60 Å². The van der Waals surface area contributed by atoms with Crippen LogP contribution in [0.2, 0.25) is 0 Å². The van der Waals surface area contributed by atoms with Gasteiger partial charge in [-0.3, -0.25) is 19.7 Å². The number of fused-ring (bicyclic) bond motifs is 1. The number of carbonyl (C=O) groups excluding carboxylic acids is 1. The highest BCUT2D eigenvalue weighted by molar-refractivity contribution is 6.01. The number of pyridine rings is 1. The molecule has 0 saturated heterocycles. The maximum absolute atomic E-state index is 13.1. The third-order valence-corrected chi connectivity index (χ3v) is 6.38. The maximum atomic E-state index is 13.1. The quantitative estimate of drug-likeness (QED) is 0.422. The molecule has 1 aromatic carbocycles. The fraction of sp³-hybridized carbons (Fsp3) is 0.320. The predicted octanol–water partition coefficient (Wildman–Crippen LogP) is 2.59. The molecule has 9 nitrogen and oxygen atoms in total. The molecule has 3 aromatic heterocycles. The molecule has 1 fully saturated rings. The van der Waals surface area contributed by atoms with E-state index in [4.69, 9.17) is 0 Å². The van der Waals surface area contributed by atoms with Crippen LogP contribution in [0, 0.1) is 6.92 Å². The smallest absolute Gasteiger partial charge is 0.266 e. The summed E-state index contributed by atoms with van der Waals surface area (Å²) in [4.78, 5) is 29.4. The van der Waals surface area contributed by atoms with Crippen LogP contribution in [0.15, 0.2) is 59.7 Å². The van der Waals surface area contributed by atoms with Gasteiger partial charge in [-0.15, -0.1) is 0 Å². The van der Waals surface area contributed by atoms with Gasteiger partial charge in [0.2, 0.25) is 0 Å². The number of carbonyl (C=O) groups is 1. The fourth-order valence-electron chi connectivity index (χ4n) is 4.73. The Morgan fingerprint density at radius 1 is 1.26 bits per heavy atom. The first-order valence-corrected chi connectivity index (χ1v) is 11.4. The van der Waals surface area contributed by atoms with E-state index in [1.807, 2.05) is 31.2 Å². The van der Waals surface area contributed by atoms with Crippen molar-refractivity contribution in [2.45, 2.75) is 50.8 Å². The highest BCUT2D eigenvalue weighted by Gasteiger charge is 2.36. The van der Waals surface area contributed by atoms with Gasteiger partial charge >= 0.3 is 0 Å².